The molecule has 3 heteroatoms. The predicted molar refractivity (Wildman–Crippen MR) is 63.6 cm³/mol. The van der Waals surface area contributed by atoms with Gasteiger partial charge in [0.25, 0.3) is 0 Å². The van der Waals surface area contributed by atoms with Gasteiger partial charge in [0.15, 0.2) is 0 Å². The Morgan fingerprint density at radius 2 is 2.20 bits per heavy atom. The van der Waals surface area contributed by atoms with Crippen molar-refractivity contribution in [3.63, 3.8) is 0 Å². The average Bonchev–Trinajstić information content (AvgIpc) is 2.98. The third kappa shape index (κ3) is 2.22. The molecule has 82 valence electrons. The number of nitrogens with one attached hydrogen (secondary N) is 1. The summed E-state index contributed by atoms with van der Waals surface area (Å²) in [5, 5.41) is 3.44. The van der Waals surface area contributed by atoms with Crippen molar-refractivity contribution in [2.45, 2.75) is 26.7 Å². The Bertz CT molecular complexity index is 325. The largest absolute Gasteiger partial charge is 0.384 e. The summed E-state index contributed by atoms with van der Waals surface area (Å²) in [4.78, 5) is 4.06. The van der Waals surface area contributed by atoms with E-state index in [1.807, 2.05) is 12.1 Å². The molecule has 1 aromatic rings. The molecule has 1 heterocycles. The minimum Gasteiger partial charge on any atom is -0.384 e. The van der Waals surface area contributed by atoms with Crippen molar-refractivity contribution in [2.75, 3.05) is 17.6 Å². The van der Waals surface area contributed by atoms with Crippen LogP contribution >= 0.6 is 0 Å². The molecule has 0 atom stereocenters. The molecular weight excluding hydrogens is 186 g/mol. The Hall–Kier alpha value is -1.25. The minimum atomic E-state index is 0.529. The van der Waals surface area contributed by atoms with Crippen LogP contribution in [0.5, 0.6) is 0 Å². The number of hydrogen-bond donors (Lipinski definition) is 2. The Labute approximate surface area is 91.1 Å². The van der Waals surface area contributed by atoms with E-state index >= 15 is 0 Å². The molecule has 0 saturated heterocycles. The number of hydrogen-bond acceptors (Lipinski definition) is 3. The molecule has 1 aromatic heterocycles. The smallest absolute Gasteiger partial charge is 0.123 e. The van der Waals surface area contributed by atoms with E-state index in [9.17, 15) is 0 Å². The Morgan fingerprint density at radius 3 is 2.67 bits per heavy atom. The molecule has 1 fully saturated rings. The lowest BCUT2D eigenvalue weighted by atomic mass is 9.92. The van der Waals surface area contributed by atoms with Crippen LogP contribution in [0.25, 0.3) is 0 Å². The number of pyridine rings is 1. The van der Waals surface area contributed by atoms with E-state index in [2.05, 4.69) is 24.1 Å². The van der Waals surface area contributed by atoms with Crippen molar-refractivity contribution < 1.29 is 0 Å². The number of nitrogen functional groups attached to an aromatic ring is 1. The molecule has 3 nitrogen and oxygen atoms in total. The van der Waals surface area contributed by atoms with Crippen LogP contribution in [0.1, 0.15) is 26.7 Å². The molecule has 0 spiro atoms. The van der Waals surface area contributed by atoms with E-state index in [4.69, 9.17) is 5.73 Å². The van der Waals surface area contributed by atoms with Gasteiger partial charge in [-0.1, -0.05) is 13.8 Å². The second-order valence-electron chi connectivity index (χ2n) is 4.84. The molecule has 15 heavy (non-hydrogen) atoms. The summed E-state index contributed by atoms with van der Waals surface area (Å²) in [7, 11) is 0. The number of nitrogens with two attached hydrogens (primary N) is 1. The number of rotatable bonds is 4. The first kappa shape index (κ1) is 10.3. The van der Waals surface area contributed by atoms with Crippen molar-refractivity contribution in [3.8, 4) is 0 Å². The normalized spacial score (nSPS) is 17.8. The summed E-state index contributed by atoms with van der Waals surface area (Å²) in [5.41, 5.74) is 7.13. The second kappa shape index (κ2) is 3.72. The van der Waals surface area contributed by atoms with Crippen molar-refractivity contribution in [2.24, 2.45) is 11.3 Å². The summed E-state index contributed by atoms with van der Waals surface area (Å²) in [6, 6.07) is 3.82. The lowest BCUT2D eigenvalue weighted by Gasteiger charge is -2.20. The molecule has 0 aromatic carbocycles. The molecule has 1 aliphatic carbocycles. The fraction of sp³-hybridized carbons (Fsp3) is 0.583. The van der Waals surface area contributed by atoms with Gasteiger partial charge in [0.05, 0.1) is 11.9 Å². The van der Waals surface area contributed by atoms with Gasteiger partial charge in [-0.25, -0.2) is 4.98 Å². The standard InChI is InChI=1S/C12H19N3/c1-9(2)12(5-6-12)8-15-10-3-4-11(13)14-7-10/h3-4,7,9,15H,5-6,8H2,1-2H3,(H2,13,14). The van der Waals surface area contributed by atoms with Gasteiger partial charge >= 0.3 is 0 Å². The minimum absolute atomic E-state index is 0.529. The fourth-order valence-corrected chi connectivity index (χ4v) is 1.91. The molecule has 0 bridgehead atoms. The first-order chi connectivity index (χ1) is 7.12. The lowest BCUT2D eigenvalue weighted by Crippen LogP contribution is -2.20. The van der Waals surface area contributed by atoms with Crippen molar-refractivity contribution in [3.05, 3.63) is 18.3 Å². The number of aromatic nitrogens is 1. The van der Waals surface area contributed by atoms with Crippen molar-refractivity contribution >= 4 is 11.5 Å². The quantitative estimate of drug-likeness (QED) is 0.794. The maximum absolute atomic E-state index is 5.53. The Morgan fingerprint density at radius 1 is 1.47 bits per heavy atom. The fourth-order valence-electron chi connectivity index (χ4n) is 1.91. The van der Waals surface area contributed by atoms with E-state index in [1.165, 1.54) is 12.8 Å². The first-order valence-electron chi connectivity index (χ1n) is 5.58. The zero-order valence-electron chi connectivity index (χ0n) is 9.46. The van der Waals surface area contributed by atoms with Crippen LogP contribution in [0.15, 0.2) is 18.3 Å². The van der Waals surface area contributed by atoms with Gasteiger partial charge in [-0.3, -0.25) is 0 Å². The maximum atomic E-state index is 5.53. The van der Waals surface area contributed by atoms with Crippen LogP contribution in [-0.4, -0.2) is 11.5 Å². The molecule has 0 radical (unpaired) electrons. The number of nitrogens with zero attached hydrogens (tertiary/aromatic N) is 1. The molecule has 0 aliphatic heterocycles. The average molecular weight is 205 g/mol. The van der Waals surface area contributed by atoms with E-state index in [0.717, 1.165) is 18.2 Å². The zero-order chi connectivity index (χ0) is 10.9. The monoisotopic (exact) mass is 205 g/mol. The first-order valence-corrected chi connectivity index (χ1v) is 5.58. The molecular formula is C12H19N3. The molecule has 3 N–H and O–H groups in total. The summed E-state index contributed by atoms with van der Waals surface area (Å²) in [6.07, 6.45) is 4.49. The van der Waals surface area contributed by atoms with Crippen LogP contribution in [-0.2, 0) is 0 Å². The van der Waals surface area contributed by atoms with E-state index in [-0.39, 0.29) is 0 Å². The SMILES string of the molecule is CC(C)C1(CNc2ccc(N)nc2)CC1. The zero-order valence-corrected chi connectivity index (χ0v) is 9.46. The molecule has 1 saturated carbocycles. The summed E-state index contributed by atoms with van der Waals surface area (Å²) in [6.45, 7) is 5.65. The van der Waals surface area contributed by atoms with Crippen LogP contribution in [0, 0.1) is 11.3 Å². The molecule has 1 aliphatic rings. The predicted octanol–water partition coefficient (Wildman–Crippen LogP) is 2.51. The second-order valence-corrected chi connectivity index (χ2v) is 4.84. The van der Waals surface area contributed by atoms with Gasteiger partial charge in [0, 0.05) is 6.54 Å². The number of anilines is 2. The van der Waals surface area contributed by atoms with Crippen molar-refractivity contribution in [1.82, 2.24) is 4.98 Å². The summed E-state index contributed by atoms with van der Waals surface area (Å²) < 4.78 is 0. The van der Waals surface area contributed by atoms with Gasteiger partial charge in [0.2, 0.25) is 0 Å². The van der Waals surface area contributed by atoms with Crippen molar-refractivity contribution in [1.29, 1.82) is 0 Å². The van der Waals surface area contributed by atoms with Gasteiger partial charge in [-0.05, 0) is 36.3 Å². The lowest BCUT2D eigenvalue weighted by molar-refractivity contribution is 0.380. The Kier molecular flexibility index (Phi) is 2.55. The van der Waals surface area contributed by atoms with Gasteiger partial charge < -0.3 is 11.1 Å². The molecule has 2 rings (SSSR count). The van der Waals surface area contributed by atoms with Crippen LogP contribution < -0.4 is 11.1 Å². The van der Waals surface area contributed by atoms with Crippen LogP contribution in [0.3, 0.4) is 0 Å². The topological polar surface area (TPSA) is 50.9 Å². The van der Waals surface area contributed by atoms with Gasteiger partial charge in [-0.15, -0.1) is 0 Å². The van der Waals surface area contributed by atoms with E-state index in [0.29, 0.717) is 11.2 Å². The third-order valence-electron chi connectivity index (χ3n) is 3.55. The van der Waals surface area contributed by atoms with E-state index in [1.54, 1.807) is 6.20 Å². The highest BCUT2D eigenvalue weighted by Crippen LogP contribution is 2.51. The molecule has 0 amide bonds. The highest BCUT2D eigenvalue weighted by molar-refractivity contribution is 5.45. The molecule has 0 unspecified atom stereocenters. The summed E-state index contributed by atoms with van der Waals surface area (Å²) >= 11 is 0. The third-order valence-corrected chi connectivity index (χ3v) is 3.55. The van der Waals surface area contributed by atoms with Gasteiger partial charge in [-0.2, -0.15) is 0 Å². The Balaban J connectivity index is 1.91. The van der Waals surface area contributed by atoms with Crippen LogP contribution in [0.4, 0.5) is 11.5 Å². The van der Waals surface area contributed by atoms with Gasteiger partial charge in [0.1, 0.15) is 5.82 Å². The van der Waals surface area contributed by atoms with E-state index < -0.39 is 0 Å². The highest BCUT2D eigenvalue weighted by atomic mass is 14.9. The summed E-state index contributed by atoms with van der Waals surface area (Å²) in [5.74, 6) is 1.33. The maximum Gasteiger partial charge on any atom is 0.123 e. The highest BCUT2D eigenvalue weighted by Gasteiger charge is 2.44. The van der Waals surface area contributed by atoms with Crippen LogP contribution in [0.2, 0.25) is 0 Å².